The second-order valence-electron chi connectivity index (χ2n) is 3.24. The molecule has 2 rings (SSSR count). The lowest BCUT2D eigenvalue weighted by atomic mass is 10.2. The average Bonchev–Trinajstić information content (AvgIpc) is 2.64. The molecule has 88 valence electrons. The van der Waals surface area contributed by atoms with Crippen molar-refractivity contribution in [2.45, 2.75) is 10.1 Å². The molecule has 0 unspecified atom stereocenters. The van der Waals surface area contributed by atoms with Crippen LogP contribution in [0.1, 0.15) is 5.56 Å². The van der Waals surface area contributed by atoms with Gasteiger partial charge >= 0.3 is 0 Å². The monoisotopic (exact) mass is 312 g/mol. The SMILES string of the molecule is Cn1nnnc1Sc1cc(Br)ccc1C(=N)N. The van der Waals surface area contributed by atoms with Crippen LogP contribution in [-0.2, 0) is 7.05 Å². The van der Waals surface area contributed by atoms with Crippen LogP contribution in [0.3, 0.4) is 0 Å². The van der Waals surface area contributed by atoms with Crippen molar-refractivity contribution in [3.8, 4) is 0 Å². The Kier molecular flexibility index (Phi) is 3.43. The van der Waals surface area contributed by atoms with Crippen molar-refractivity contribution in [2.24, 2.45) is 12.8 Å². The quantitative estimate of drug-likeness (QED) is 0.660. The lowest BCUT2D eigenvalue weighted by Gasteiger charge is -2.07. The van der Waals surface area contributed by atoms with E-state index in [-0.39, 0.29) is 5.84 Å². The van der Waals surface area contributed by atoms with Crippen LogP contribution in [-0.4, -0.2) is 26.0 Å². The number of aryl methyl sites for hydroxylation is 1. The van der Waals surface area contributed by atoms with Gasteiger partial charge in [0.15, 0.2) is 0 Å². The maximum absolute atomic E-state index is 7.52. The number of hydrogen-bond acceptors (Lipinski definition) is 5. The van der Waals surface area contributed by atoms with E-state index in [2.05, 4.69) is 31.5 Å². The summed E-state index contributed by atoms with van der Waals surface area (Å²) in [6, 6.07) is 5.52. The van der Waals surface area contributed by atoms with Gasteiger partial charge in [0, 0.05) is 22.0 Å². The van der Waals surface area contributed by atoms with E-state index >= 15 is 0 Å². The standard InChI is InChI=1S/C9H9BrN6S/c1-16-9(13-14-15-16)17-7-4-5(10)2-3-6(7)8(11)12/h2-4H,1H3,(H3,11,12). The van der Waals surface area contributed by atoms with Gasteiger partial charge in [-0.2, -0.15) is 0 Å². The first-order chi connectivity index (χ1) is 8.08. The molecule has 0 aliphatic rings. The molecule has 17 heavy (non-hydrogen) atoms. The summed E-state index contributed by atoms with van der Waals surface area (Å²) in [5, 5.41) is 19.4. The molecule has 2 aromatic rings. The minimum atomic E-state index is 0.0233. The van der Waals surface area contributed by atoms with Crippen LogP contribution in [0.5, 0.6) is 0 Å². The molecule has 0 saturated carbocycles. The first-order valence-electron chi connectivity index (χ1n) is 4.62. The molecule has 0 radical (unpaired) electrons. The smallest absolute Gasteiger partial charge is 0.213 e. The molecule has 0 aliphatic heterocycles. The van der Waals surface area contributed by atoms with Gasteiger partial charge in [-0.3, -0.25) is 5.41 Å². The van der Waals surface area contributed by atoms with Crippen molar-refractivity contribution in [1.29, 1.82) is 5.41 Å². The van der Waals surface area contributed by atoms with E-state index in [9.17, 15) is 0 Å². The highest BCUT2D eigenvalue weighted by Gasteiger charge is 2.11. The number of nitrogen functional groups attached to an aromatic ring is 1. The number of benzene rings is 1. The maximum Gasteiger partial charge on any atom is 0.213 e. The van der Waals surface area contributed by atoms with E-state index in [1.807, 2.05) is 12.1 Å². The zero-order chi connectivity index (χ0) is 12.4. The Hall–Kier alpha value is -1.41. The number of nitrogens with two attached hydrogens (primary N) is 1. The lowest BCUT2D eigenvalue weighted by molar-refractivity contribution is 0.664. The third-order valence-corrected chi connectivity index (χ3v) is 3.60. The number of tetrazole rings is 1. The van der Waals surface area contributed by atoms with E-state index < -0.39 is 0 Å². The van der Waals surface area contributed by atoms with Gasteiger partial charge in [0.1, 0.15) is 5.84 Å². The zero-order valence-electron chi connectivity index (χ0n) is 8.88. The number of aromatic nitrogens is 4. The molecule has 1 aromatic carbocycles. The minimum absolute atomic E-state index is 0.0233. The fourth-order valence-corrected chi connectivity index (χ4v) is 2.64. The highest BCUT2D eigenvalue weighted by Crippen LogP contribution is 2.30. The fraction of sp³-hybridized carbons (Fsp3) is 0.111. The van der Waals surface area contributed by atoms with E-state index in [4.69, 9.17) is 11.1 Å². The van der Waals surface area contributed by atoms with Gasteiger partial charge in [0.25, 0.3) is 0 Å². The maximum atomic E-state index is 7.52. The number of nitrogens with zero attached hydrogens (tertiary/aromatic N) is 4. The third-order valence-electron chi connectivity index (χ3n) is 2.02. The van der Waals surface area contributed by atoms with Crippen LogP contribution < -0.4 is 5.73 Å². The van der Waals surface area contributed by atoms with E-state index in [1.165, 1.54) is 11.8 Å². The number of nitrogens with one attached hydrogen (secondary N) is 1. The van der Waals surface area contributed by atoms with E-state index in [0.717, 1.165) is 9.37 Å². The summed E-state index contributed by atoms with van der Waals surface area (Å²) in [4.78, 5) is 0.838. The first-order valence-corrected chi connectivity index (χ1v) is 6.23. The molecule has 8 heteroatoms. The van der Waals surface area contributed by atoms with Gasteiger partial charge in [0.2, 0.25) is 5.16 Å². The van der Waals surface area contributed by atoms with E-state index in [1.54, 1.807) is 17.8 Å². The largest absolute Gasteiger partial charge is 0.384 e. The Morgan fingerprint density at radius 3 is 2.88 bits per heavy atom. The molecule has 1 aromatic heterocycles. The number of rotatable bonds is 3. The van der Waals surface area contributed by atoms with Crippen LogP contribution in [0.4, 0.5) is 0 Å². The fourth-order valence-electron chi connectivity index (χ4n) is 1.21. The predicted molar refractivity (Wildman–Crippen MR) is 68.1 cm³/mol. The number of halogens is 1. The Morgan fingerprint density at radius 2 is 2.29 bits per heavy atom. The number of amidine groups is 1. The molecule has 3 N–H and O–H groups in total. The van der Waals surface area contributed by atoms with Crippen molar-refractivity contribution >= 4 is 33.5 Å². The summed E-state index contributed by atoms with van der Waals surface area (Å²) in [5.74, 6) is 0.0233. The Balaban J connectivity index is 2.41. The average molecular weight is 313 g/mol. The van der Waals surface area contributed by atoms with E-state index in [0.29, 0.717) is 10.7 Å². The normalized spacial score (nSPS) is 10.5. The van der Waals surface area contributed by atoms with Crippen molar-refractivity contribution in [2.75, 3.05) is 0 Å². The van der Waals surface area contributed by atoms with Gasteiger partial charge in [-0.05, 0) is 40.4 Å². The third kappa shape index (κ3) is 2.64. The van der Waals surface area contributed by atoms with Crippen LogP contribution in [0.15, 0.2) is 32.7 Å². The molecule has 0 bridgehead atoms. The topological polar surface area (TPSA) is 93.5 Å². The zero-order valence-corrected chi connectivity index (χ0v) is 11.3. The molecule has 0 saturated heterocycles. The van der Waals surface area contributed by atoms with Gasteiger partial charge in [-0.15, -0.1) is 5.10 Å². The Bertz CT molecular complexity index is 566. The molecule has 0 atom stereocenters. The molecule has 1 heterocycles. The van der Waals surface area contributed by atoms with Crippen molar-refractivity contribution in [3.05, 3.63) is 28.2 Å². The molecule has 0 aliphatic carbocycles. The Morgan fingerprint density at radius 1 is 1.53 bits per heavy atom. The summed E-state index contributed by atoms with van der Waals surface area (Å²) in [6.45, 7) is 0. The van der Waals surface area contributed by atoms with Crippen LogP contribution >= 0.6 is 27.7 Å². The number of hydrogen-bond donors (Lipinski definition) is 2. The van der Waals surface area contributed by atoms with Gasteiger partial charge in [0.05, 0.1) is 0 Å². The second kappa shape index (κ2) is 4.84. The molecular weight excluding hydrogens is 304 g/mol. The molecule has 0 fully saturated rings. The lowest BCUT2D eigenvalue weighted by Crippen LogP contribution is -2.12. The minimum Gasteiger partial charge on any atom is -0.384 e. The summed E-state index contributed by atoms with van der Waals surface area (Å²) < 4.78 is 2.48. The van der Waals surface area contributed by atoms with Crippen LogP contribution in [0.25, 0.3) is 0 Å². The summed E-state index contributed by atoms with van der Waals surface area (Å²) in [5.41, 5.74) is 6.20. The van der Waals surface area contributed by atoms with Crippen LogP contribution in [0, 0.1) is 5.41 Å². The highest BCUT2D eigenvalue weighted by atomic mass is 79.9. The highest BCUT2D eigenvalue weighted by molar-refractivity contribution is 9.10. The van der Waals surface area contributed by atoms with Crippen molar-refractivity contribution in [3.63, 3.8) is 0 Å². The van der Waals surface area contributed by atoms with Gasteiger partial charge < -0.3 is 5.73 Å². The molecule has 0 spiro atoms. The summed E-state index contributed by atoms with van der Waals surface area (Å²) in [6.07, 6.45) is 0. The molecular formula is C9H9BrN6S. The predicted octanol–water partition coefficient (Wildman–Crippen LogP) is 1.41. The van der Waals surface area contributed by atoms with Gasteiger partial charge in [-0.25, -0.2) is 4.68 Å². The van der Waals surface area contributed by atoms with Crippen molar-refractivity contribution < 1.29 is 0 Å². The molecule has 0 amide bonds. The molecule has 6 nitrogen and oxygen atoms in total. The summed E-state index contributed by atoms with van der Waals surface area (Å²) in [7, 11) is 1.76. The second-order valence-corrected chi connectivity index (χ2v) is 5.17. The summed E-state index contributed by atoms with van der Waals surface area (Å²) >= 11 is 4.75. The van der Waals surface area contributed by atoms with Crippen LogP contribution in [0.2, 0.25) is 0 Å². The van der Waals surface area contributed by atoms with Gasteiger partial charge in [-0.1, -0.05) is 15.9 Å². The first kappa shape index (κ1) is 12.1. The van der Waals surface area contributed by atoms with Crippen molar-refractivity contribution in [1.82, 2.24) is 20.2 Å². The Labute approximate surface area is 110 Å².